The fourth-order valence-corrected chi connectivity index (χ4v) is 4.91. The molecular weight excluding hydrogens is 406 g/mol. The molecule has 1 aromatic heterocycles. The largest absolute Gasteiger partial charge is 0.383 e. The quantitative estimate of drug-likeness (QED) is 0.603. The number of nitrogens with two attached hydrogens (primary N) is 1. The van der Waals surface area contributed by atoms with Crippen LogP contribution in [-0.4, -0.2) is 40.9 Å². The normalized spacial score (nSPS) is 21.2. The average molecular weight is 426 g/mol. The molecule has 6 nitrogen and oxygen atoms in total. The van der Waals surface area contributed by atoms with Gasteiger partial charge in [0.1, 0.15) is 18.0 Å². The van der Waals surface area contributed by atoms with Crippen molar-refractivity contribution >= 4 is 39.0 Å². The number of hydrogen-bond donors (Lipinski definition) is 1. The summed E-state index contributed by atoms with van der Waals surface area (Å²) in [6.07, 6.45) is 4.96. The number of amides is 1. The van der Waals surface area contributed by atoms with Crippen LogP contribution in [0, 0.1) is 0 Å². The van der Waals surface area contributed by atoms with E-state index in [0.29, 0.717) is 18.9 Å². The molecule has 138 valence electrons. The molecule has 4 rings (SSSR count). The molecule has 1 amide bonds. The Kier molecular flexibility index (Phi) is 4.47. The first-order valence-corrected chi connectivity index (χ1v) is 9.60. The summed E-state index contributed by atoms with van der Waals surface area (Å²) in [7, 11) is 2.02. The highest BCUT2D eigenvalue weighted by Gasteiger charge is 2.39. The number of alkyl halides is 1. The van der Waals surface area contributed by atoms with Crippen LogP contribution in [0.5, 0.6) is 0 Å². The van der Waals surface area contributed by atoms with Crippen molar-refractivity contribution in [3.63, 3.8) is 0 Å². The van der Waals surface area contributed by atoms with Crippen molar-refractivity contribution in [1.82, 2.24) is 14.9 Å². The number of carbonyl (C=O) groups excluding carboxylic acids is 1. The Morgan fingerprint density at radius 2 is 2.22 bits per heavy atom. The van der Waals surface area contributed by atoms with Gasteiger partial charge >= 0.3 is 0 Å². The molecule has 0 fully saturated rings. The van der Waals surface area contributed by atoms with E-state index in [1.54, 1.807) is 4.90 Å². The number of hydrogen-bond acceptors (Lipinski definition) is 5. The van der Waals surface area contributed by atoms with E-state index in [1.165, 1.54) is 12.4 Å². The predicted octanol–water partition coefficient (Wildman–Crippen LogP) is 3.10. The van der Waals surface area contributed by atoms with Gasteiger partial charge in [-0.25, -0.2) is 9.97 Å². The molecule has 0 radical (unpaired) electrons. The monoisotopic (exact) mass is 425 g/mol. The number of nitrogens with zero attached hydrogens (tertiary/aromatic N) is 4. The van der Waals surface area contributed by atoms with Crippen molar-refractivity contribution in [3.05, 3.63) is 66.0 Å². The standard InChI is InChI=1S/C20H20BrN5O/c1-3-15(27)26-8-7-14(10-26)12-5-4-6-13(9-12)18-17(21)16-19(22)23-11-24-20(16)25(18)2/h3-7,9,11,17-18H,1,8,10H2,2H3,(H2,22,23,24). The minimum Gasteiger partial charge on any atom is -0.383 e. The van der Waals surface area contributed by atoms with Gasteiger partial charge in [-0.1, -0.05) is 46.8 Å². The van der Waals surface area contributed by atoms with Crippen LogP contribution in [0.2, 0.25) is 0 Å². The van der Waals surface area contributed by atoms with E-state index >= 15 is 0 Å². The lowest BCUT2D eigenvalue weighted by Gasteiger charge is -2.25. The zero-order valence-electron chi connectivity index (χ0n) is 15.0. The SMILES string of the molecule is C=CC(=O)N1CC=C(c2cccc(C3C(Br)c4c(N)ncnc4N3C)c2)C1. The predicted molar refractivity (Wildman–Crippen MR) is 110 cm³/mol. The third kappa shape index (κ3) is 2.92. The number of carbonyl (C=O) groups is 1. The summed E-state index contributed by atoms with van der Waals surface area (Å²) >= 11 is 3.80. The molecule has 2 aliphatic rings. The van der Waals surface area contributed by atoms with Gasteiger partial charge in [0.15, 0.2) is 0 Å². The molecule has 0 saturated carbocycles. The Morgan fingerprint density at radius 1 is 1.41 bits per heavy atom. The minimum absolute atomic E-state index is 0.00495. The molecule has 1 aromatic carbocycles. The summed E-state index contributed by atoms with van der Waals surface area (Å²) < 4.78 is 0. The summed E-state index contributed by atoms with van der Waals surface area (Å²) in [5.41, 5.74) is 10.4. The second kappa shape index (κ2) is 6.81. The van der Waals surface area contributed by atoms with Gasteiger partial charge in [-0.05, 0) is 28.8 Å². The molecular formula is C20H20BrN5O. The summed E-state index contributed by atoms with van der Waals surface area (Å²) in [6, 6.07) is 8.48. The third-order valence-electron chi connectivity index (χ3n) is 5.20. The Labute approximate surface area is 166 Å². The number of fused-ring (bicyclic) bond motifs is 1. The van der Waals surface area contributed by atoms with Crippen molar-refractivity contribution in [2.75, 3.05) is 30.8 Å². The van der Waals surface area contributed by atoms with E-state index in [9.17, 15) is 4.79 Å². The number of rotatable bonds is 3. The van der Waals surface area contributed by atoms with Crippen LogP contribution in [0.1, 0.15) is 27.6 Å². The van der Waals surface area contributed by atoms with Crippen LogP contribution in [0.3, 0.4) is 0 Å². The first kappa shape index (κ1) is 17.7. The van der Waals surface area contributed by atoms with E-state index in [-0.39, 0.29) is 16.8 Å². The van der Waals surface area contributed by atoms with Crippen molar-refractivity contribution in [2.24, 2.45) is 0 Å². The summed E-state index contributed by atoms with van der Waals surface area (Å²) in [6.45, 7) is 4.79. The van der Waals surface area contributed by atoms with Gasteiger partial charge in [-0.15, -0.1) is 0 Å². The van der Waals surface area contributed by atoms with Gasteiger partial charge in [0.25, 0.3) is 0 Å². The second-order valence-corrected chi connectivity index (χ2v) is 7.72. The number of nitrogen functional groups attached to an aromatic ring is 1. The molecule has 0 bridgehead atoms. The Morgan fingerprint density at radius 3 is 2.96 bits per heavy atom. The maximum absolute atomic E-state index is 11.8. The lowest BCUT2D eigenvalue weighted by molar-refractivity contribution is -0.124. The van der Waals surface area contributed by atoms with E-state index in [2.05, 4.69) is 67.7 Å². The molecule has 3 heterocycles. The van der Waals surface area contributed by atoms with Gasteiger partial charge < -0.3 is 15.5 Å². The Bertz CT molecular complexity index is 957. The van der Waals surface area contributed by atoms with Crippen molar-refractivity contribution < 1.29 is 4.79 Å². The Balaban J connectivity index is 1.64. The van der Waals surface area contributed by atoms with Crippen molar-refractivity contribution in [1.29, 1.82) is 0 Å². The molecule has 0 aliphatic carbocycles. The van der Waals surface area contributed by atoms with Crippen molar-refractivity contribution in [2.45, 2.75) is 10.9 Å². The lowest BCUT2D eigenvalue weighted by atomic mass is 9.97. The van der Waals surface area contributed by atoms with Gasteiger partial charge in [0, 0.05) is 20.1 Å². The summed E-state index contributed by atoms with van der Waals surface area (Å²) in [4.78, 5) is 24.3. The molecule has 2 unspecified atom stereocenters. The van der Waals surface area contributed by atoms with Gasteiger partial charge in [-0.3, -0.25) is 4.79 Å². The van der Waals surface area contributed by atoms with Gasteiger partial charge in [-0.2, -0.15) is 0 Å². The average Bonchev–Trinajstić information content (AvgIpc) is 3.26. The molecule has 2 aliphatic heterocycles. The van der Waals surface area contributed by atoms with E-state index < -0.39 is 0 Å². The number of halogens is 1. The van der Waals surface area contributed by atoms with Crippen LogP contribution in [0.15, 0.2) is 49.3 Å². The highest BCUT2D eigenvalue weighted by molar-refractivity contribution is 9.09. The fourth-order valence-electron chi connectivity index (χ4n) is 3.81. The minimum atomic E-state index is -0.0436. The number of benzene rings is 1. The first-order valence-electron chi connectivity index (χ1n) is 8.69. The first-order chi connectivity index (χ1) is 13.0. The number of likely N-dealkylation sites (N-methyl/N-ethyl adjacent to an activating group) is 1. The summed E-state index contributed by atoms with van der Waals surface area (Å²) in [5.74, 6) is 1.31. The molecule has 2 atom stereocenters. The van der Waals surface area contributed by atoms with Crippen LogP contribution < -0.4 is 10.6 Å². The summed E-state index contributed by atoms with van der Waals surface area (Å²) in [5, 5.41) is 0. The molecule has 7 heteroatoms. The highest BCUT2D eigenvalue weighted by atomic mass is 79.9. The highest BCUT2D eigenvalue weighted by Crippen LogP contribution is 2.52. The molecule has 27 heavy (non-hydrogen) atoms. The molecule has 0 saturated heterocycles. The van der Waals surface area contributed by atoms with Crippen LogP contribution >= 0.6 is 15.9 Å². The van der Waals surface area contributed by atoms with Crippen molar-refractivity contribution in [3.8, 4) is 0 Å². The zero-order chi connectivity index (χ0) is 19.1. The van der Waals surface area contributed by atoms with Crippen LogP contribution in [0.4, 0.5) is 11.6 Å². The molecule has 0 spiro atoms. The van der Waals surface area contributed by atoms with Gasteiger partial charge in [0.05, 0.1) is 16.4 Å². The second-order valence-electron chi connectivity index (χ2n) is 6.73. The topological polar surface area (TPSA) is 75.3 Å². The number of anilines is 2. The van der Waals surface area contributed by atoms with E-state index in [0.717, 1.165) is 28.1 Å². The van der Waals surface area contributed by atoms with Crippen LogP contribution in [-0.2, 0) is 4.79 Å². The maximum atomic E-state index is 11.8. The smallest absolute Gasteiger partial charge is 0.246 e. The lowest BCUT2D eigenvalue weighted by Crippen LogP contribution is -2.26. The van der Waals surface area contributed by atoms with Gasteiger partial charge in [0.2, 0.25) is 5.91 Å². The Hall–Kier alpha value is -2.67. The fraction of sp³-hybridized carbons (Fsp3) is 0.250. The zero-order valence-corrected chi connectivity index (χ0v) is 16.6. The molecule has 2 N–H and O–H groups in total. The van der Waals surface area contributed by atoms with Crippen LogP contribution in [0.25, 0.3) is 5.57 Å². The maximum Gasteiger partial charge on any atom is 0.246 e. The number of aromatic nitrogens is 2. The van der Waals surface area contributed by atoms with E-state index in [4.69, 9.17) is 5.73 Å². The molecule has 2 aromatic rings. The van der Waals surface area contributed by atoms with E-state index in [1.807, 2.05) is 7.05 Å². The third-order valence-corrected chi connectivity index (χ3v) is 6.16.